The Bertz CT molecular complexity index is 597. The quantitative estimate of drug-likeness (QED) is 0.826. The number of halogens is 2. The van der Waals surface area contributed by atoms with Crippen LogP contribution in [0.5, 0.6) is 5.75 Å². The zero-order valence-corrected chi connectivity index (χ0v) is 10.1. The SMILES string of the molecule is COc1cc(-c2ccc(C)cc2F)cc(F)c1N. The maximum Gasteiger partial charge on any atom is 0.150 e. The van der Waals surface area contributed by atoms with E-state index in [9.17, 15) is 8.78 Å². The van der Waals surface area contributed by atoms with Crippen LogP contribution in [0.2, 0.25) is 0 Å². The highest BCUT2D eigenvalue weighted by atomic mass is 19.1. The van der Waals surface area contributed by atoms with E-state index < -0.39 is 11.6 Å². The Hall–Kier alpha value is -2.10. The second-order valence-corrected chi connectivity index (χ2v) is 4.06. The molecule has 2 aromatic rings. The summed E-state index contributed by atoms with van der Waals surface area (Å²) in [7, 11) is 1.39. The fourth-order valence-electron chi connectivity index (χ4n) is 1.77. The monoisotopic (exact) mass is 249 g/mol. The Morgan fingerprint density at radius 3 is 2.39 bits per heavy atom. The van der Waals surface area contributed by atoms with Gasteiger partial charge in [0.15, 0.2) is 5.82 Å². The molecule has 4 heteroatoms. The molecule has 0 saturated carbocycles. The molecule has 0 spiro atoms. The highest BCUT2D eigenvalue weighted by Crippen LogP contribution is 2.32. The zero-order valence-electron chi connectivity index (χ0n) is 10.1. The minimum Gasteiger partial charge on any atom is -0.494 e. The summed E-state index contributed by atoms with van der Waals surface area (Å²) in [5.74, 6) is -0.824. The number of ether oxygens (including phenoxy) is 1. The van der Waals surface area contributed by atoms with Gasteiger partial charge in [-0.2, -0.15) is 0 Å². The standard InChI is InChI=1S/C14H13F2NO/c1-8-3-4-10(11(15)5-8)9-6-12(16)14(17)13(7-9)18-2/h3-7H,17H2,1-2H3. The maximum absolute atomic E-state index is 13.8. The first kappa shape index (κ1) is 12.4. The molecule has 0 aromatic heterocycles. The van der Waals surface area contributed by atoms with E-state index in [1.54, 1.807) is 19.1 Å². The van der Waals surface area contributed by atoms with Crippen molar-refractivity contribution in [2.75, 3.05) is 12.8 Å². The number of aryl methyl sites for hydroxylation is 1. The lowest BCUT2D eigenvalue weighted by Gasteiger charge is -2.10. The molecule has 0 bridgehead atoms. The minimum atomic E-state index is -0.621. The van der Waals surface area contributed by atoms with Gasteiger partial charge in [-0.1, -0.05) is 12.1 Å². The molecule has 0 amide bonds. The summed E-state index contributed by atoms with van der Waals surface area (Å²) in [6.07, 6.45) is 0. The van der Waals surface area contributed by atoms with Crippen LogP contribution in [0.25, 0.3) is 11.1 Å². The van der Waals surface area contributed by atoms with E-state index in [-0.39, 0.29) is 11.4 Å². The van der Waals surface area contributed by atoms with Crippen molar-refractivity contribution in [1.82, 2.24) is 0 Å². The molecule has 0 atom stereocenters. The summed E-state index contributed by atoms with van der Waals surface area (Å²) in [5, 5.41) is 0. The smallest absolute Gasteiger partial charge is 0.150 e. The molecule has 18 heavy (non-hydrogen) atoms. The Morgan fingerprint density at radius 1 is 1.06 bits per heavy atom. The van der Waals surface area contributed by atoms with Crippen LogP contribution >= 0.6 is 0 Å². The zero-order chi connectivity index (χ0) is 13.3. The molecular formula is C14H13F2NO. The Kier molecular flexibility index (Phi) is 3.19. The van der Waals surface area contributed by atoms with E-state index in [0.717, 1.165) is 5.56 Å². The lowest BCUT2D eigenvalue weighted by atomic mass is 10.0. The first-order valence-electron chi connectivity index (χ1n) is 5.42. The van der Waals surface area contributed by atoms with Crippen LogP contribution in [0.15, 0.2) is 30.3 Å². The van der Waals surface area contributed by atoms with E-state index in [2.05, 4.69) is 0 Å². The molecule has 0 unspecified atom stereocenters. The number of hydrogen-bond donors (Lipinski definition) is 1. The van der Waals surface area contributed by atoms with Crippen molar-refractivity contribution < 1.29 is 13.5 Å². The number of benzene rings is 2. The maximum atomic E-state index is 13.8. The van der Waals surface area contributed by atoms with Crippen LogP contribution in [0.3, 0.4) is 0 Å². The molecular weight excluding hydrogens is 236 g/mol. The van der Waals surface area contributed by atoms with Crippen LogP contribution < -0.4 is 10.5 Å². The van der Waals surface area contributed by atoms with Gasteiger partial charge in [0.05, 0.1) is 7.11 Å². The average Bonchev–Trinajstić information content (AvgIpc) is 2.32. The van der Waals surface area contributed by atoms with E-state index >= 15 is 0 Å². The Morgan fingerprint density at radius 2 is 1.78 bits per heavy atom. The van der Waals surface area contributed by atoms with E-state index in [1.807, 2.05) is 0 Å². The largest absolute Gasteiger partial charge is 0.494 e. The van der Waals surface area contributed by atoms with Crippen molar-refractivity contribution in [3.05, 3.63) is 47.5 Å². The summed E-state index contributed by atoms with van der Waals surface area (Å²) in [6.45, 7) is 1.79. The third kappa shape index (κ3) is 2.14. The van der Waals surface area contributed by atoms with Crippen molar-refractivity contribution in [3.8, 4) is 16.9 Å². The molecule has 2 aromatic carbocycles. The Balaban J connectivity index is 2.60. The number of anilines is 1. The molecule has 2 nitrogen and oxygen atoms in total. The number of nitrogens with two attached hydrogens (primary N) is 1. The van der Waals surface area contributed by atoms with Gasteiger partial charge in [-0.25, -0.2) is 8.78 Å². The van der Waals surface area contributed by atoms with Gasteiger partial charge in [-0.15, -0.1) is 0 Å². The lowest BCUT2D eigenvalue weighted by Crippen LogP contribution is -1.97. The third-order valence-electron chi connectivity index (χ3n) is 2.75. The Labute approximate surface area is 104 Å². The van der Waals surface area contributed by atoms with Gasteiger partial charge in [-0.3, -0.25) is 0 Å². The molecule has 2 rings (SSSR count). The van der Waals surface area contributed by atoms with E-state index in [0.29, 0.717) is 11.1 Å². The van der Waals surface area contributed by atoms with Crippen LogP contribution in [0.1, 0.15) is 5.56 Å². The van der Waals surface area contributed by atoms with Crippen molar-refractivity contribution >= 4 is 5.69 Å². The predicted octanol–water partition coefficient (Wildman–Crippen LogP) is 3.53. The van der Waals surface area contributed by atoms with Crippen LogP contribution in [-0.4, -0.2) is 7.11 Å². The minimum absolute atomic E-state index is 0.0752. The molecule has 0 aliphatic carbocycles. The van der Waals surface area contributed by atoms with Crippen LogP contribution in [0.4, 0.5) is 14.5 Å². The molecule has 0 fully saturated rings. The van der Waals surface area contributed by atoms with Gasteiger partial charge >= 0.3 is 0 Å². The van der Waals surface area contributed by atoms with Crippen LogP contribution in [0, 0.1) is 18.6 Å². The fourth-order valence-corrected chi connectivity index (χ4v) is 1.77. The number of hydrogen-bond acceptors (Lipinski definition) is 2. The normalized spacial score (nSPS) is 10.4. The van der Waals surface area contributed by atoms with Gasteiger partial charge in [0, 0.05) is 5.56 Å². The van der Waals surface area contributed by atoms with Gasteiger partial charge in [-0.05, 0) is 36.2 Å². The van der Waals surface area contributed by atoms with Crippen molar-refractivity contribution in [2.24, 2.45) is 0 Å². The lowest BCUT2D eigenvalue weighted by molar-refractivity contribution is 0.414. The second kappa shape index (κ2) is 4.64. The van der Waals surface area contributed by atoms with Crippen LogP contribution in [-0.2, 0) is 0 Å². The van der Waals surface area contributed by atoms with Gasteiger partial charge in [0.2, 0.25) is 0 Å². The highest BCUT2D eigenvalue weighted by Gasteiger charge is 2.12. The summed E-state index contributed by atoms with van der Waals surface area (Å²) in [6, 6.07) is 7.49. The van der Waals surface area contributed by atoms with E-state index in [4.69, 9.17) is 10.5 Å². The summed E-state index contributed by atoms with van der Waals surface area (Å²) < 4.78 is 32.4. The first-order chi connectivity index (χ1) is 8.52. The summed E-state index contributed by atoms with van der Waals surface area (Å²) >= 11 is 0. The summed E-state index contributed by atoms with van der Waals surface area (Å²) in [5.41, 5.74) is 6.95. The number of nitrogen functional groups attached to an aromatic ring is 1. The fraction of sp³-hybridized carbons (Fsp3) is 0.143. The van der Waals surface area contributed by atoms with Crippen molar-refractivity contribution in [1.29, 1.82) is 0 Å². The molecule has 0 aliphatic rings. The average molecular weight is 249 g/mol. The van der Waals surface area contributed by atoms with Gasteiger partial charge in [0.25, 0.3) is 0 Å². The number of rotatable bonds is 2. The molecule has 0 aliphatic heterocycles. The van der Waals surface area contributed by atoms with Gasteiger partial charge < -0.3 is 10.5 Å². The summed E-state index contributed by atoms with van der Waals surface area (Å²) in [4.78, 5) is 0. The van der Waals surface area contributed by atoms with E-state index in [1.165, 1.54) is 25.3 Å². The molecule has 0 heterocycles. The molecule has 0 saturated heterocycles. The molecule has 0 radical (unpaired) electrons. The number of methoxy groups -OCH3 is 1. The molecule has 94 valence electrons. The topological polar surface area (TPSA) is 35.2 Å². The molecule has 2 N–H and O–H groups in total. The highest BCUT2D eigenvalue weighted by molar-refractivity contribution is 5.71. The third-order valence-corrected chi connectivity index (χ3v) is 2.75. The second-order valence-electron chi connectivity index (χ2n) is 4.06. The van der Waals surface area contributed by atoms with Gasteiger partial charge in [0.1, 0.15) is 17.3 Å². The van der Waals surface area contributed by atoms with Crippen molar-refractivity contribution in [3.63, 3.8) is 0 Å². The first-order valence-corrected chi connectivity index (χ1v) is 5.42. The predicted molar refractivity (Wildman–Crippen MR) is 67.5 cm³/mol. The van der Waals surface area contributed by atoms with Crippen molar-refractivity contribution in [2.45, 2.75) is 6.92 Å².